The van der Waals surface area contributed by atoms with Crippen molar-refractivity contribution < 1.29 is 14.0 Å². The molecular weight excluding hydrogens is 294 g/mol. The van der Waals surface area contributed by atoms with E-state index in [1.807, 2.05) is 43.3 Å². The molecule has 0 radical (unpaired) electrons. The van der Waals surface area contributed by atoms with Gasteiger partial charge in [0.15, 0.2) is 5.76 Å². The molecule has 0 unspecified atom stereocenters. The molecule has 3 aromatic rings. The number of hydroxylamine groups is 1. The Balaban J connectivity index is 2.05. The zero-order chi connectivity index (χ0) is 16.2. The number of furan rings is 1. The van der Waals surface area contributed by atoms with E-state index >= 15 is 0 Å². The maximum Gasteiger partial charge on any atom is 0.278 e. The molecule has 0 bridgehead atoms. The Morgan fingerprint density at radius 2 is 2.04 bits per heavy atom. The highest BCUT2D eigenvalue weighted by atomic mass is 16.6. The average molecular weight is 311 g/mol. The average Bonchev–Trinajstić information content (AvgIpc) is 3.19. The van der Waals surface area contributed by atoms with Crippen LogP contribution in [0.3, 0.4) is 0 Å². The van der Waals surface area contributed by atoms with Crippen LogP contribution in [-0.2, 0) is 4.84 Å². The van der Waals surface area contributed by atoms with Crippen molar-refractivity contribution in [3.05, 3.63) is 60.0 Å². The molecule has 118 valence electrons. The molecule has 6 heteroatoms. The van der Waals surface area contributed by atoms with E-state index in [-0.39, 0.29) is 5.91 Å². The summed E-state index contributed by atoms with van der Waals surface area (Å²) in [6.07, 6.45) is 1.66. The lowest BCUT2D eigenvalue weighted by molar-refractivity contribution is 0.0365. The number of aromatic nitrogens is 2. The fraction of sp³-hybridized carbons (Fsp3) is 0.176. The molecule has 0 atom stereocenters. The normalized spacial score (nSPS) is 10.7. The lowest BCUT2D eigenvalue weighted by Crippen LogP contribution is -2.23. The standard InChI is InChI=1S/C17H17N3O3/c1-3-22-19-17(21)14-11-20(13-7-5-4-6-8-13)18-16(14)15-10-9-12(2)23-15/h4-11H,3H2,1-2H3,(H,19,21). The summed E-state index contributed by atoms with van der Waals surface area (Å²) in [5.41, 5.74) is 4.11. The second-order valence-electron chi connectivity index (χ2n) is 4.95. The maximum atomic E-state index is 12.3. The van der Waals surface area contributed by atoms with Crippen LogP contribution in [0.2, 0.25) is 0 Å². The third kappa shape index (κ3) is 3.17. The summed E-state index contributed by atoms with van der Waals surface area (Å²) < 4.78 is 7.26. The number of amides is 1. The summed E-state index contributed by atoms with van der Waals surface area (Å²) in [6, 6.07) is 13.2. The van der Waals surface area contributed by atoms with E-state index < -0.39 is 0 Å². The fourth-order valence-corrected chi connectivity index (χ4v) is 2.19. The van der Waals surface area contributed by atoms with Gasteiger partial charge in [0, 0.05) is 6.20 Å². The Morgan fingerprint density at radius 3 is 2.70 bits per heavy atom. The second kappa shape index (κ2) is 6.50. The van der Waals surface area contributed by atoms with E-state index in [0.717, 1.165) is 11.4 Å². The number of carbonyl (C=O) groups excluding carboxylic acids is 1. The Hall–Kier alpha value is -2.86. The first-order valence-electron chi connectivity index (χ1n) is 7.33. The molecule has 0 aliphatic heterocycles. The number of nitrogens with one attached hydrogen (secondary N) is 1. The van der Waals surface area contributed by atoms with Crippen LogP contribution in [0.15, 0.2) is 53.1 Å². The first-order chi connectivity index (χ1) is 11.2. The minimum Gasteiger partial charge on any atom is -0.460 e. The van der Waals surface area contributed by atoms with E-state index in [4.69, 9.17) is 9.25 Å². The highest BCUT2D eigenvalue weighted by Crippen LogP contribution is 2.25. The number of carbonyl (C=O) groups is 1. The van der Waals surface area contributed by atoms with E-state index in [1.54, 1.807) is 23.9 Å². The minimum absolute atomic E-state index is 0.363. The quantitative estimate of drug-likeness (QED) is 0.735. The van der Waals surface area contributed by atoms with Crippen LogP contribution in [0.5, 0.6) is 0 Å². The molecule has 1 N–H and O–H groups in total. The molecule has 0 saturated carbocycles. The lowest BCUT2D eigenvalue weighted by atomic mass is 10.2. The Morgan fingerprint density at radius 1 is 1.26 bits per heavy atom. The van der Waals surface area contributed by atoms with Crippen molar-refractivity contribution in [2.45, 2.75) is 13.8 Å². The molecule has 2 heterocycles. The number of benzene rings is 1. The number of hydrogen-bond acceptors (Lipinski definition) is 4. The minimum atomic E-state index is -0.363. The van der Waals surface area contributed by atoms with Gasteiger partial charge in [0.2, 0.25) is 0 Å². The predicted molar refractivity (Wildman–Crippen MR) is 85.1 cm³/mol. The summed E-state index contributed by atoms with van der Waals surface area (Å²) in [5, 5.41) is 4.50. The van der Waals surface area contributed by atoms with Crippen LogP contribution < -0.4 is 5.48 Å². The first kappa shape index (κ1) is 15.1. The van der Waals surface area contributed by atoms with Crippen LogP contribution in [-0.4, -0.2) is 22.3 Å². The summed E-state index contributed by atoms with van der Waals surface area (Å²) in [7, 11) is 0. The van der Waals surface area contributed by atoms with Crippen LogP contribution in [0.1, 0.15) is 23.0 Å². The van der Waals surface area contributed by atoms with Gasteiger partial charge in [0.05, 0.1) is 17.9 Å². The Labute approximate surface area is 133 Å². The highest BCUT2D eigenvalue weighted by molar-refractivity contribution is 5.98. The largest absolute Gasteiger partial charge is 0.460 e. The molecule has 0 spiro atoms. The number of nitrogens with zero attached hydrogens (tertiary/aromatic N) is 2. The summed E-state index contributed by atoms with van der Waals surface area (Å²) >= 11 is 0. The predicted octanol–water partition coefficient (Wildman–Crippen LogP) is 3.12. The second-order valence-corrected chi connectivity index (χ2v) is 4.95. The van der Waals surface area contributed by atoms with Crippen molar-refractivity contribution in [1.29, 1.82) is 0 Å². The SMILES string of the molecule is CCONC(=O)c1cn(-c2ccccc2)nc1-c1ccc(C)o1. The van der Waals surface area contributed by atoms with Crippen molar-refractivity contribution in [2.24, 2.45) is 0 Å². The van der Waals surface area contributed by atoms with Crippen LogP contribution in [0.25, 0.3) is 17.1 Å². The third-order valence-corrected chi connectivity index (χ3v) is 3.26. The molecule has 0 aliphatic carbocycles. The van der Waals surface area contributed by atoms with Gasteiger partial charge in [-0.05, 0) is 38.1 Å². The lowest BCUT2D eigenvalue weighted by Gasteiger charge is -2.02. The molecule has 6 nitrogen and oxygen atoms in total. The van der Waals surface area contributed by atoms with Crippen LogP contribution in [0.4, 0.5) is 0 Å². The van der Waals surface area contributed by atoms with Crippen LogP contribution >= 0.6 is 0 Å². The highest BCUT2D eigenvalue weighted by Gasteiger charge is 2.20. The molecule has 1 amide bonds. The molecule has 0 aliphatic rings. The van der Waals surface area contributed by atoms with Gasteiger partial charge in [0.25, 0.3) is 5.91 Å². The van der Waals surface area contributed by atoms with Gasteiger partial charge in [-0.15, -0.1) is 0 Å². The maximum absolute atomic E-state index is 12.3. The smallest absolute Gasteiger partial charge is 0.278 e. The van der Waals surface area contributed by atoms with Gasteiger partial charge in [0.1, 0.15) is 11.5 Å². The third-order valence-electron chi connectivity index (χ3n) is 3.26. The van der Waals surface area contributed by atoms with Gasteiger partial charge in [-0.2, -0.15) is 5.10 Å². The van der Waals surface area contributed by atoms with Crippen molar-refractivity contribution >= 4 is 5.91 Å². The summed E-state index contributed by atoms with van der Waals surface area (Å²) in [4.78, 5) is 17.3. The number of aryl methyl sites for hydroxylation is 1. The van der Waals surface area contributed by atoms with Gasteiger partial charge in [-0.1, -0.05) is 18.2 Å². The Kier molecular flexibility index (Phi) is 4.25. The Bertz CT molecular complexity index is 806. The van der Waals surface area contributed by atoms with E-state index in [2.05, 4.69) is 10.6 Å². The van der Waals surface area contributed by atoms with Crippen molar-refractivity contribution in [1.82, 2.24) is 15.3 Å². The van der Waals surface area contributed by atoms with Crippen LogP contribution in [0, 0.1) is 6.92 Å². The van der Waals surface area contributed by atoms with E-state index in [1.165, 1.54) is 0 Å². The summed E-state index contributed by atoms with van der Waals surface area (Å²) in [6.45, 7) is 4.02. The zero-order valence-electron chi connectivity index (χ0n) is 12.9. The summed E-state index contributed by atoms with van der Waals surface area (Å²) in [5.74, 6) is 0.933. The van der Waals surface area contributed by atoms with E-state index in [0.29, 0.717) is 23.6 Å². The molecule has 23 heavy (non-hydrogen) atoms. The molecule has 3 rings (SSSR count). The van der Waals surface area contributed by atoms with Crippen molar-refractivity contribution in [2.75, 3.05) is 6.61 Å². The molecule has 0 saturated heterocycles. The monoisotopic (exact) mass is 311 g/mol. The number of hydrogen-bond donors (Lipinski definition) is 1. The van der Waals surface area contributed by atoms with Gasteiger partial charge < -0.3 is 4.42 Å². The topological polar surface area (TPSA) is 69.3 Å². The van der Waals surface area contributed by atoms with Gasteiger partial charge in [-0.25, -0.2) is 10.2 Å². The molecule has 1 aromatic carbocycles. The van der Waals surface area contributed by atoms with E-state index in [9.17, 15) is 4.79 Å². The van der Waals surface area contributed by atoms with Gasteiger partial charge in [-0.3, -0.25) is 9.63 Å². The first-order valence-corrected chi connectivity index (χ1v) is 7.33. The number of rotatable bonds is 5. The van der Waals surface area contributed by atoms with Gasteiger partial charge >= 0.3 is 0 Å². The number of para-hydroxylation sites is 1. The zero-order valence-corrected chi connectivity index (χ0v) is 12.9. The van der Waals surface area contributed by atoms with Crippen molar-refractivity contribution in [3.8, 4) is 17.1 Å². The molecule has 0 fully saturated rings. The van der Waals surface area contributed by atoms with Crippen molar-refractivity contribution in [3.63, 3.8) is 0 Å². The molecular formula is C17H17N3O3. The molecule has 2 aromatic heterocycles. The fourth-order valence-electron chi connectivity index (χ4n) is 2.19.